The average molecular weight is 381 g/mol. The van der Waals surface area contributed by atoms with E-state index >= 15 is 0 Å². The van der Waals surface area contributed by atoms with Crippen LogP contribution < -0.4 is 0 Å². The second kappa shape index (κ2) is 7.59. The van der Waals surface area contributed by atoms with Crippen molar-refractivity contribution in [3.8, 4) is 0 Å². The van der Waals surface area contributed by atoms with Crippen LogP contribution in [0.5, 0.6) is 0 Å². The minimum absolute atomic E-state index is 0.149. The van der Waals surface area contributed by atoms with Gasteiger partial charge in [-0.1, -0.05) is 0 Å². The molecule has 0 aromatic heterocycles. The summed E-state index contributed by atoms with van der Waals surface area (Å²) in [7, 11) is 0. The van der Waals surface area contributed by atoms with Crippen molar-refractivity contribution in [1.29, 1.82) is 0 Å². The van der Waals surface area contributed by atoms with Gasteiger partial charge in [0.05, 0.1) is 0 Å². The summed E-state index contributed by atoms with van der Waals surface area (Å²) in [5, 5.41) is 0. The van der Waals surface area contributed by atoms with Crippen LogP contribution in [-0.4, -0.2) is 66.0 Å². The third-order valence-electron chi connectivity index (χ3n) is 4.92. The number of fused-ring (bicyclic) bond motifs is 1. The monoisotopic (exact) mass is 381 g/mol. The number of hydrogen-bond acceptors (Lipinski definition) is 7. The van der Waals surface area contributed by atoms with E-state index in [1.807, 2.05) is 0 Å². The first kappa shape index (κ1) is 19.8. The number of ether oxygens (including phenoxy) is 4. The van der Waals surface area contributed by atoms with Crippen LogP contribution in [0, 0.1) is 0 Å². The van der Waals surface area contributed by atoms with E-state index < -0.39 is 42.1 Å². The fourth-order valence-corrected chi connectivity index (χ4v) is 3.91. The number of likely N-dealkylation sites (tertiary alicyclic amines) is 1. The van der Waals surface area contributed by atoms with Gasteiger partial charge in [-0.3, -0.25) is 14.4 Å². The van der Waals surface area contributed by atoms with Gasteiger partial charge in [0.1, 0.15) is 12.2 Å². The molecule has 4 atom stereocenters. The molecule has 3 rings (SSSR count). The van der Waals surface area contributed by atoms with Gasteiger partial charge in [0.15, 0.2) is 18.0 Å². The number of piperidine rings is 1. The van der Waals surface area contributed by atoms with Gasteiger partial charge in [0.2, 0.25) is 0 Å². The van der Waals surface area contributed by atoms with Crippen molar-refractivity contribution >= 4 is 17.8 Å². The summed E-state index contributed by atoms with van der Waals surface area (Å²) in [6.45, 7) is 7.39. The van der Waals surface area contributed by atoms with Gasteiger partial charge < -0.3 is 23.8 Å². The maximum absolute atomic E-state index is 13.1. The first-order valence-electron chi connectivity index (χ1n) is 9.39. The normalized spacial score (nSPS) is 32.3. The maximum atomic E-state index is 13.1. The van der Waals surface area contributed by atoms with Crippen molar-refractivity contribution in [1.82, 2.24) is 4.90 Å². The van der Waals surface area contributed by atoms with Gasteiger partial charge in [-0.2, -0.15) is 0 Å². The molecule has 0 radical (unpaired) electrons. The van der Waals surface area contributed by atoms with E-state index in [4.69, 9.17) is 18.9 Å². The topological polar surface area (TPSA) is 91.4 Å². The molecule has 0 unspecified atom stereocenters. The lowest BCUT2D eigenvalue weighted by molar-refractivity contribution is -0.184. The molecule has 2 fully saturated rings. The van der Waals surface area contributed by atoms with E-state index in [2.05, 4.69) is 0 Å². The summed E-state index contributed by atoms with van der Waals surface area (Å²) < 4.78 is 22.7. The van der Waals surface area contributed by atoms with Crippen LogP contribution in [0.25, 0.3) is 0 Å². The van der Waals surface area contributed by atoms with Gasteiger partial charge in [-0.25, -0.2) is 0 Å². The highest BCUT2D eigenvalue weighted by atomic mass is 16.8. The first-order chi connectivity index (χ1) is 12.7. The number of rotatable bonds is 3. The predicted molar refractivity (Wildman–Crippen MR) is 93.4 cm³/mol. The quantitative estimate of drug-likeness (QED) is 0.681. The van der Waals surface area contributed by atoms with E-state index in [0.29, 0.717) is 18.7 Å². The van der Waals surface area contributed by atoms with Crippen molar-refractivity contribution in [3.63, 3.8) is 0 Å². The van der Waals surface area contributed by atoms with Gasteiger partial charge in [0, 0.05) is 32.5 Å². The molecule has 3 aliphatic rings. The Morgan fingerprint density at radius 2 is 1.67 bits per heavy atom. The maximum Gasteiger partial charge on any atom is 0.303 e. The minimum atomic E-state index is -0.958. The predicted octanol–water partition coefficient (Wildman–Crippen LogP) is 1.32. The molecule has 150 valence electrons. The second-order valence-corrected chi connectivity index (χ2v) is 7.64. The number of carbonyl (C=O) groups excluding carboxylic acids is 3. The molecule has 0 N–H and O–H groups in total. The highest BCUT2D eigenvalue weighted by molar-refractivity contribution is 5.95. The summed E-state index contributed by atoms with van der Waals surface area (Å²) in [4.78, 5) is 38.1. The Morgan fingerprint density at radius 3 is 2.26 bits per heavy atom. The molecule has 0 aromatic carbocycles. The molecular formula is C19H27NO7. The summed E-state index contributed by atoms with van der Waals surface area (Å²) >= 11 is 0. The molecule has 1 aliphatic carbocycles. The number of esters is 2. The van der Waals surface area contributed by atoms with Crippen molar-refractivity contribution in [3.05, 3.63) is 11.6 Å². The number of nitrogens with zero attached hydrogens (tertiary/aromatic N) is 1. The third-order valence-corrected chi connectivity index (χ3v) is 4.92. The lowest BCUT2D eigenvalue weighted by Gasteiger charge is -2.37. The van der Waals surface area contributed by atoms with Gasteiger partial charge >= 0.3 is 11.9 Å². The Labute approximate surface area is 158 Å². The second-order valence-electron chi connectivity index (χ2n) is 7.64. The van der Waals surface area contributed by atoms with Crippen molar-refractivity contribution < 1.29 is 33.3 Å². The zero-order valence-corrected chi connectivity index (χ0v) is 16.2. The molecular weight excluding hydrogens is 354 g/mol. The average Bonchev–Trinajstić information content (AvgIpc) is 2.91. The van der Waals surface area contributed by atoms with E-state index in [1.54, 1.807) is 24.8 Å². The van der Waals surface area contributed by atoms with Crippen LogP contribution in [0.2, 0.25) is 0 Å². The highest BCUT2D eigenvalue weighted by Gasteiger charge is 2.55. The molecule has 2 heterocycles. The van der Waals surface area contributed by atoms with Crippen LogP contribution in [0.4, 0.5) is 0 Å². The molecule has 1 amide bonds. The lowest BCUT2D eigenvalue weighted by Crippen LogP contribution is -2.53. The molecule has 0 spiro atoms. The Bertz CT molecular complexity index is 650. The minimum Gasteiger partial charge on any atom is -0.455 e. The number of amides is 1. The molecule has 2 aliphatic heterocycles. The number of carbonyl (C=O) groups is 3. The van der Waals surface area contributed by atoms with Crippen molar-refractivity contribution in [2.24, 2.45) is 0 Å². The van der Waals surface area contributed by atoms with Crippen LogP contribution >= 0.6 is 0 Å². The summed E-state index contributed by atoms with van der Waals surface area (Å²) in [6, 6.07) is 0. The Hall–Kier alpha value is -1.93. The summed E-state index contributed by atoms with van der Waals surface area (Å²) in [5.74, 6) is -2.16. The van der Waals surface area contributed by atoms with Crippen LogP contribution in [-0.2, 0) is 33.3 Å². The molecule has 0 aromatic rings. The number of hydrogen-bond donors (Lipinski definition) is 0. The van der Waals surface area contributed by atoms with Crippen LogP contribution in [0.3, 0.4) is 0 Å². The Balaban J connectivity index is 1.96. The SMILES string of the molecule is CC(=O)O[C@H]1[C@@H]2OC(C)(C)O[C@@H]2C(C(=O)N2CCCCC2)=C[C@H]1OC(C)=O. The zero-order chi connectivity index (χ0) is 19.8. The Morgan fingerprint density at radius 1 is 1.04 bits per heavy atom. The van der Waals surface area contributed by atoms with Crippen molar-refractivity contribution in [2.45, 2.75) is 77.2 Å². The summed E-state index contributed by atoms with van der Waals surface area (Å²) in [6.07, 6.45) is 1.36. The fraction of sp³-hybridized carbons (Fsp3) is 0.737. The third kappa shape index (κ3) is 4.32. The van der Waals surface area contributed by atoms with Gasteiger partial charge in [-0.05, 0) is 39.2 Å². The molecule has 8 nitrogen and oxygen atoms in total. The fourth-order valence-electron chi connectivity index (χ4n) is 3.91. The molecule has 27 heavy (non-hydrogen) atoms. The van der Waals surface area contributed by atoms with Crippen LogP contribution in [0.1, 0.15) is 47.0 Å². The standard InChI is InChI=1S/C19H27NO7/c1-11(21)24-14-10-13(18(23)20-8-6-5-7-9-20)15-17(16(14)25-12(2)22)27-19(3,4)26-15/h10,14-17H,5-9H2,1-4H3/t14-,15-,16-,17-/m1/s1. The summed E-state index contributed by atoms with van der Waals surface area (Å²) in [5.41, 5.74) is 0.391. The largest absolute Gasteiger partial charge is 0.455 e. The zero-order valence-electron chi connectivity index (χ0n) is 16.2. The molecule has 0 saturated carbocycles. The lowest BCUT2D eigenvalue weighted by atomic mass is 9.88. The van der Waals surface area contributed by atoms with E-state index in [1.165, 1.54) is 13.8 Å². The highest BCUT2D eigenvalue weighted by Crippen LogP contribution is 2.40. The van der Waals surface area contributed by atoms with Crippen molar-refractivity contribution in [2.75, 3.05) is 13.1 Å². The Kier molecular flexibility index (Phi) is 5.58. The molecule has 2 saturated heterocycles. The van der Waals surface area contributed by atoms with Gasteiger partial charge in [-0.15, -0.1) is 0 Å². The van der Waals surface area contributed by atoms with Crippen LogP contribution in [0.15, 0.2) is 11.6 Å². The molecule has 8 heteroatoms. The smallest absolute Gasteiger partial charge is 0.303 e. The first-order valence-corrected chi connectivity index (χ1v) is 9.39. The van der Waals surface area contributed by atoms with E-state index in [-0.39, 0.29) is 5.91 Å². The van der Waals surface area contributed by atoms with E-state index in [0.717, 1.165) is 19.3 Å². The van der Waals surface area contributed by atoms with E-state index in [9.17, 15) is 14.4 Å². The van der Waals surface area contributed by atoms with Gasteiger partial charge in [0.25, 0.3) is 5.91 Å². The molecule has 0 bridgehead atoms.